The summed E-state index contributed by atoms with van der Waals surface area (Å²) in [6, 6.07) is 12.7. The maximum atomic E-state index is 13.0. The van der Waals surface area contributed by atoms with Gasteiger partial charge in [0.25, 0.3) is 5.91 Å². The lowest BCUT2D eigenvalue weighted by molar-refractivity contribution is 0.0551. The quantitative estimate of drug-likeness (QED) is 0.716. The second-order valence-corrected chi connectivity index (χ2v) is 6.19. The minimum Gasteiger partial charge on any atom is -0.445 e. The molecule has 1 aliphatic rings. The summed E-state index contributed by atoms with van der Waals surface area (Å²) in [6.45, 7) is -2.06. The van der Waals surface area contributed by atoms with Gasteiger partial charge in [0.2, 0.25) is 0 Å². The third kappa shape index (κ3) is 3.12. The molecule has 0 bridgehead atoms. The number of oxazole rings is 1. The van der Waals surface area contributed by atoms with Gasteiger partial charge in [-0.3, -0.25) is 9.36 Å². The highest BCUT2D eigenvalue weighted by molar-refractivity contribution is 5.92. The van der Waals surface area contributed by atoms with Crippen LogP contribution in [0.15, 0.2) is 53.1 Å². The maximum absolute atomic E-state index is 13.0. The molecule has 0 fully saturated rings. The third-order valence-corrected chi connectivity index (χ3v) is 4.47. The summed E-state index contributed by atoms with van der Waals surface area (Å²) in [5.74, 6) is 0.948. The molecule has 5 nitrogen and oxygen atoms in total. The molecule has 0 atom stereocenters. The minimum absolute atomic E-state index is 0.0172. The number of hydrogen-bond donors (Lipinski definition) is 0. The van der Waals surface area contributed by atoms with Gasteiger partial charge >= 0.3 is 6.55 Å². The van der Waals surface area contributed by atoms with E-state index in [9.17, 15) is 13.6 Å². The van der Waals surface area contributed by atoms with Crippen LogP contribution in [0.4, 0.5) is 8.78 Å². The fraction of sp³-hybridized carbons (Fsp3) is 0.263. The highest BCUT2D eigenvalue weighted by Crippen LogP contribution is 2.24. The number of benzene rings is 1. The van der Waals surface area contributed by atoms with Crippen molar-refractivity contribution in [2.45, 2.75) is 25.9 Å². The number of hydrogen-bond acceptors (Lipinski definition) is 3. The number of fused-ring (bicyclic) bond motifs is 1. The number of nitrogens with zero attached hydrogens (tertiary/aromatic N) is 3. The van der Waals surface area contributed by atoms with E-state index in [4.69, 9.17) is 4.42 Å². The molecule has 1 aromatic carbocycles. The van der Waals surface area contributed by atoms with Gasteiger partial charge in [0.1, 0.15) is 17.1 Å². The molecule has 0 N–H and O–H groups in total. The molecule has 0 radical (unpaired) electrons. The Hall–Kier alpha value is -2.96. The van der Waals surface area contributed by atoms with Crippen LogP contribution in [-0.4, -0.2) is 26.9 Å². The Labute approximate surface area is 148 Å². The number of carbonyl (C=O) groups excluding carboxylic acids is 1. The van der Waals surface area contributed by atoms with Gasteiger partial charge in [0, 0.05) is 25.6 Å². The molecular formula is C19H17F2N3O2. The van der Waals surface area contributed by atoms with Crippen molar-refractivity contribution in [2.75, 3.05) is 6.54 Å². The monoisotopic (exact) mass is 357 g/mol. The molecule has 3 aromatic rings. The summed E-state index contributed by atoms with van der Waals surface area (Å²) in [4.78, 5) is 18.6. The van der Waals surface area contributed by atoms with Crippen LogP contribution >= 0.6 is 0 Å². The lowest BCUT2D eigenvalue weighted by Gasteiger charge is -2.25. The Kier molecular flexibility index (Phi) is 4.28. The molecular weight excluding hydrogens is 340 g/mol. The van der Waals surface area contributed by atoms with Crippen LogP contribution in [0.3, 0.4) is 0 Å². The van der Waals surface area contributed by atoms with E-state index < -0.39 is 12.5 Å². The van der Waals surface area contributed by atoms with E-state index in [0.717, 1.165) is 11.3 Å². The summed E-state index contributed by atoms with van der Waals surface area (Å²) in [5, 5.41) is 0. The Morgan fingerprint density at radius 1 is 1.19 bits per heavy atom. The molecule has 2 aromatic heterocycles. The highest BCUT2D eigenvalue weighted by Gasteiger charge is 2.28. The zero-order valence-corrected chi connectivity index (χ0v) is 13.9. The van der Waals surface area contributed by atoms with Gasteiger partial charge < -0.3 is 9.32 Å². The van der Waals surface area contributed by atoms with Crippen LogP contribution < -0.4 is 0 Å². The topological polar surface area (TPSA) is 51.3 Å². The average molecular weight is 357 g/mol. The van der Waals surface area contributed by atoms with Gasteiger partial charge in [-0.2, -0.15) is 8.78 Å². The van der Waals surface area contributed by atoms with Gasteiger partial charge in [0.05, 0.1) is 6.54 Å². The Morgan fingerprint density at radius 2 is 2.00 bits per heavy atom. The summed E-state index contributed by atoms with van der Waals surface area (Å²) >= 11 is 0. The summed E-state index contributed by atoms with van der Waals surface area (Å²) in [6.07, 6.45) is 2.32. The van der Waals surface area contributed by atoms with Crippen molar-refractivity contribution < 1.29 is 18.0 Å². The van der Waals surface area contributed by atoms with E-state index in [1.165, 1.54) is 23.2 Å². The predicted octanol–water partition coefficient (Wildman–Crippen LogP) is 3.66. The van der Waals surface area contributed by atoms with Crippen LogP contribution in [0.2, 0.25) is 0 Å². The van der Waals surface area contributed by atoms with Crippen LogP contribution in [0, 0.1) is 0 Å². The smallest absolute Gasteiger partial charge is 0.319 e. The van der Waals surface area contributed by atoms with E-state index >= 15 is 0 Å². The largest absolute Gasteiger partial charge is 0.445 e. The summed E-state index contributed by atoms with van der Waals surface area (Å²) < 4.78 is 32.5. The first-order valence-corrected chi connectivity index (χ1v) is 8.37. The van der Waals surface area contributed by atoms with E-state index in [1.807, 2.05) is 30.3 Å². The predicted molar refractivity (Wildman–Crippen MR) is 89.9 cm³/mol. The molecule has 0 saturated heterocycles. The number of alkyl halides is 2. The molecule has 3 heterocycles. The van der Waals surface area contributed by atoms with Crippen LogP contribution in [0.5, 0.6) is 0 Å². The van der Waals surface area contributed by atoms with Crippen molar-refractivity contribution in [3.05, 3.63) is 77.3 Å². The zero-order valence-electron chi connectivity index (χ0n) is 13.9. The van der Waals surface area contributed by atoms with Gasteiger partial charge in [-0.05, 0) is 17.7 Å². The zero-order chi connectivity index (χ0) is 18.1. The van der Waals surface area contributed by atoms with Crippen LogP contribution in [0.1, 0.15) is 39.9 Å². The van der Waals surface area contributed by atoms with Crippen LogP contribution in [0.25, 0.3) is 0 Å². The van der Waals surface area contributed by atoms with Crippen molar-refractivity contribution in [2.24, 2.45) is 0 Å². The molecule has 4 rings (SSSR count). The molecule has 1 amide bonds. The average Bonchev–Trinajstić information content (AvgIpc) is 3.28. The van der Waals surface area contributed by atoms with Gasteiger partial charge in [0.15, 0.2) is 5.89 Å². The first-order valence-electron chi connectivity index (χ1n) is 8.37. The van der Waals surface area contributed by atoms with Gasteiger partial charge in [-0.25, -0.2) is 4.98 Å². The Morgan fingerprint density at radius 3 is 2.77 bits per heavy atom. The van der Waals surface area contributed by atoms with E-state index in [1.54, 1.807) is 0 Å². The number of rotatable bonds is 4. The first-order chi connectivity index (χ1) is 12.6. The fourth-order valence-corrected chi connectivity index (χ4v) is 3.18. The maximum Gasteiger partial charge on any atom is 0.319 e. The lowest BCUT2D eigenvalue weighted by atomic mass is 10.1. The van der Waals surface area contributed by atoms with Crippen LogP contribution in [-0.2, 0) is 19.4 Å². The van der Waals surface area contributed by atoms with Gasteiger partial charge in [-0.15, -0.1) is 0 Å². The molecule has 26 heavy (non-hydrogen) atoms. The summed E-state index contributed by atoms with van der Waals surface area (Å²) in [7, 11) is 0. The fourth-order valence-electron chi connectivity index (χ4n) is 3.18. The number of aromatic nitrogens is 2. The summed E-state index contributed by atoms with van der Waals surface area (Å²) in [5.41, 5.74) is 1.77. The molecule has 1 aliphatic heterocycles. The molecule has 0 unspecified atom stereocenters. The van der Waals surface area contributed by atoms with Crippen molar-refractivity contribution in [1.29, 1.82) is 0 Å². The first kappa shape index (κ1) is 16.5. The second kappa shape index (κ2) is 6.74. The van der Waals surface area contributed by atoms with Crippen molar-refractivity contribution in [3.63, 3.8) is 0 Å². The number of halogens is 2. The molecule has 7 heteroatoms. The van der Waals surface area contributed by atoms with Crippen molar-refractivity contribution >= 4 is 5.91 Å². The number of carbonyl (C=O) groups is 1. The highest BCUT2D eigenvalue weighted by atomic mass is 19.3. The molecule has 0 spiro atoms. The van der Waals surface area contributed by atoms with E-state index in [2.05, 4.69) is 4.98 Å². The molecule has 134 valence electrons. The second-order valence-electron chi connectivity index (χ2n) is 6.19. The van der Waals surface area contributed by atoms with Crippen molar-refractivity contribution in [1.82, 2.24) is 14.5 Å². The Bertz CT molecular complexity index is 918. The van der Waals surface area contributed by atoms with E-state index in [-0.39, 0.29) is 12.2 Å². The Balaban J connectivity index is 1.51. The molecule has 0 aliphatic carbocycles. The van der Waals surface area contributed by atoms with Crippen molar-refractivity contribution in [3.8, 4) is 0 Å². The number of amides is 1. The normalized spacial score (nSPS) is 13.9. The van der Waals surface area contributed by atoms with E-state index in [0.29, 0.717) is 35.5 Å². The minimum atomic E-state index is -2.74. The lowest BCUT2D eigenvalue weighted by Crippen LogP contribution is -2.36. The third-order valence-electron chi connectivity index (χ3n) is 4.47. The standard InChI is InChI=1S/C19H17F2N3O2/c20-19(21)24-9-4-7-15(24)18(25)23-10-8-16-14(12-23)22-17(26-16)11-13-5-2-1-3-6-13/h1-7,9,19H,8,10-12H2. The SMILES string of the molecule is O=C(c1cccn1C(F)F)N1CCc2oc(Cc3ccccc3)nc2C1. The van der Waals surface area contributed by atoms with Gasteiger partial charge in [-0.1, -0.05) is 30.3 Å². The molecule has 0 saturated carbocycles.